The zero-order chi connectivity index (χ0) is 43.8. The van der Waals surface area contributed by atoms with Crippen molar-refractivity contribution in [2.45, 2.75) is 50.1 Å². The number of benzene rings is 4. The number of ether oxygens (including phenoxy) is 10. The minimum Gasteiger partial charge on any atom is -0.457 e. The third kappa shape index (κ3) is 12.8. The van der Waals surface area contributed by atoms with Gasteiger partial charge in [0.15, 0.2) is 12.2 Å². The highest BCUT2D eigenvalue weighted by Crippen LogP contribution is 2.31. The van der Waals surface area contributed by atoms with Gasteiger partial charge in [0, 0.05) is 25.0 Å². The molecule has 0 saturated carbocycles. The first-order valence-electron chi connectivity index (χ1n) is 19.4. The van der Waals surface area contributed by atoms with E-state index in [4.69, 9.17) is 47.4 Å². The van der Waals surface area contributed by atoms with E-state index in [9.17, 15) is 28.8 Å². The first-order valence-corrected chi connectivity index (χ1v) is 19.4. The van der Waals surface area contributed by atoms with Crippen LogP contribution in [0.15, 0.2) is 122 Å². The second-order valence-corrected chi connectivity index (χ2v) is 13.6. The van der Waals surface area contributed by atoms with Crippen molar-refractivity contribution in [1.29, 1.82) is 0 Å². The second-order valence-electron chi connectivity index (χ2n) is 13.6. The summed E-state index contributed by atoms with van der Waals surface area (Å²) in [6, 6.07) is 25.7. The minimum atomic E-state index is -0.657. The van der Waals surface area contributed by atoms with Gasteiger partial charge in [-0.15, -0.1) is 0 Å². The zero-order valence-corrected chi connectivity index (χ0v) is 33.3. The summed E-state index contributed by atoms with van der Waals surface area (Å²) in [6.45, 7) is 6.20. The Kier molecular flexibility index (Phi) is 15.6. The van der Waals surface area contributed by atoms with Crippen molar-refractivity contribution in [3.63, 3.8) is 0 Å². The van der Waals surface area contributed by atoms with Crippen LogP contribution in [0.25, 0.3) is 0 Å². The van der Waals surface area contributed by atoms with Gasteiger partial charge in [-0.3, -0.25) is 9.59 Å². The molecule has 2 aliphatic heterocycles. The highest BCUT2D eigenvalue weighted by atomic mass is 16.7. The Morgan fingerprint density at radius 1 is 0.516 bits per heavy atom. The van der Waals surface area contributed by atoms with Crippen molar-refractivity contribution in [3.05, 3.63) is 145 Å². The number of aryl methyl sites for hydroxylation is 2. The quantitative estimate of drug-likeness (QED) is 0.0358. The molecule has 4 unspecified atom stereocenters. The molecule has 16 nitrogen and oxygen atoms in total. The van der Waals surface area contributed by atoms with E-state index < -0.39 is 60.2 Å². The van der Waals surface area contributed by atoms with Gasteiger partial charge in [-0.2, -0.15) is 0 Å². The lowest BCUT2D eigenvalue weighted by atomic mass is 10.1. The average molecular weight is 851 g/mol. The number of fused-ring (bicyclic) bond motifs is 1. The van der Waals surface area contributed by atoms with Gasteiger partial charge in [-0.05, 0) is 96.8 Å². The monoisotopic (exact) mass is 850 g/mol. The van der Waals surface area contributed by atoms with Gasteiger partial charge in [-0.25, -0.2) is 19.2 Å². The first kappa shape index (κ1) is 44.3. The standard InChI is InChI=1S/C46H42O16/c1-3-39(47)57-27-55-33-19-11-31(12-20-33)45(51)59-35-15-5-29(6-16-35)9-23-41(49)61-37-25-53-44-38(26-54-43(37)44)62-42(50)24-10-30-7-17-36(18-8-30)60-46(52)32-13-21-34(22-14-32)56-28-58-40(48)4-2/h3-8,11-22,37-38,43-44H,1-2,9-10,23-28H2. The van der Waals surface area contributed by atoms with E-state index in [0.717, 1.165) is 23.3 Å². The molecule has 322 valence electrons. The van der Waals surface area contributed by atoms with Crippen molar-refractivity contribution < 1.29 is 76.1 Å². The number of hydrogen-bond donors (Lipinski definition) is 0. The molecule has 6 rings (SSSR count). The normalized spacial score (nSPS) is 17.4. The van der Waals surface area contributed by atoms with Crippen molar-refractivity contribution in [1.82, 2.24) is 0 Å². The third-order valence-electron chi connectivity index (χ3n) is 9.40. The van der Waals surface area contributed by atoms with Gasteiger partial charge < -0.3 is 47.4 Å². The lowest BCUT2D eigenvalue weighted by Gasteiger charge is -2.17. The lowest BCUT2D eigenvalue weighted by Crippen LogP contribution is -2.36. The van der Waals surface area contributed by atoms with E-state index in [2.05, 4.69) is 13.2 Å². The molecule has 0 aromatic heterocycles. The van der Waals surface area contributed by atoms with Gasteiger partial charge in [0.05, 0.1) is 24.3 Å². The van der Waals surface area contributed by atoms with Gasteiger partial charge in [0.1, 0.15) is 35.2 Å². The van der Waals surface area contributed by atoms with Crippen LogP contribution in [0.2, 0.25) is 0 Å². The predicted molar refractivity (Wildman–Crippen MR) is 215 cm³/mol. The molecule has 0 bridgehead atoms. The third-order valence-corrected chi connectivity index (χ3v) is 9.40. The molecule has 0 amide bonds. The second kappa shape index (κ2) is 21.8. The molecule has 0 aliphatic carbocycles. The molecule has 62 heavy (non-hydrogen) atoms. The van der Waals surface area contributed by atoms with E-state index >= 15 is 0 Å². The van der Waals surface area contributed by atoms with Crippen molar-refractivity contribution >= 4 is 35.8 Å². The van der Waals surface area contributed by atoms with Crippen molar-refractivity contribution in [2.75, 3.05) is 26.8 Å². The summed E-state index contributed by atoms with van der Waals surface area (Å²) in [5.41, 5.74) is 2.21. The van der Waals surface area contributed by atoms with Crippen LogP contribution < -0.4 is 18.9 Å². The molecule has 2 heterocycles. The summed E-state index contributed by atoms with van der Waals surface area (Å²) < 4.78 is 54.0. The van der Waals surface area contributed by atoms with Crippen LogP contribution in [0.5, 0.6) is 23.0 Å². The molecule has 0 N–H and O–H groups in total. The summed E-state index contributed by atoms with van der Waals surface area (Å²) in [5, 5.41) is 0. The molecule has 0 spiro atoms. The molecule has 4 atom stereocenters. The van der Waals surface area contributed by atoms with Crippen molar-refractivity contribution in [2.24, 2.45) is 0 Å². The zero-order valence-electron chi connectivity index (χ0n) is 33.3. The Morgan fingerprint density at radius 3 is 1.23 bits per heavy atom. The molecule has 0 radical (unpaired) electrons. The Morgan fingerprint density at radius 2 is 0.871 bits per heavy atom. The van der Waals surface area contributed by atoms with Crippen LogP contribution >= 0.6 is 0 Å². The fourth-order valence-corrected chi connectivity index (χ4v) is 6.16. The van der Waals surface area contributed by atoms with Gasteiger partial charge in [-0.1, -0.05) is 37.4 Å². The molecule has 16 heteroatoms. The van der Waals surface area contributed by atoms with E-state index in [0.29, 0.717) is 35.8 Å². The number of carbonyl (C=O) groups is 6. The number of rotatable bonds is 20. The molecule has 4 aromatic rings. The fraction of sp³-hybridized carbons (Fsp3) is 0.261. The maximum atomic E-state index is 12.8. The molecule has 4 aromatic carbocycles. The summed E-state index contributed by atoms with van der Waals surface area (Å²) in [6.07, 6.45) is 0.483. The Bertz CT molecular complexity index is 2060. The van der Waals surface area contributed by atoms with Gasteiger partial charge in [0.2, 0.25) is 13.6 Å². The first-order chi connectivity index (χ1) is 30.1. The Labute approximate surface area is 355 Å². The fourth-order valence-electron chi connectivity index (χ4n) is 6.16. The van der Waals surface area contributed by atoms with Crippen molar-refractivity contribution in [3.8, 4) is 23.0 Å². The largest absolute Gasteiger partial charge is 0.457 e. The van der Waals surface area contributed by atoms with Crippen LogP contribution in [-0.2, 0) is 60.4 Å². The van der Waals surface area contributed by atoms with Crippen LogP contribution in [0.1, 0.15) is 44.7 Å². The highest BCUT2D eigenvalue weighted by molar-refractivity contribution is 5.91. The summed E-state index contributed by atoms with van der Waals surface area (Å²) >= 11 is 0. The van der Waals surface area contributed by atoms with Crippen LogP contribution in [0.4, 0.5) is 0 Å². The summed E-state index contributed by atoms with van der Waals surface area (Å²) in [7, 11) is 0. The lowest BCUT2D eigenvalue weighted by molar-refractivity contribution is -0.155. The van der Waals surface area contributed by atoms with E-state index in [-0.39, 0.29) is 50.8 Å². The summed E-state index contributed by atoms with van der Waals surface area (Å²) in [5.74, 6) is -1.88. The minimum absolute atomic E-state index is 0.0822. The SMILES string of the molecule is C=CC(=O)OCOc1ccc(C(=O)Oc2ccc(CCC(=O)OC3COC4C(OC(=O)CCc5ccc(OC(=O)c6ccc(OCOC(=O)C=C)cc6)cc5)COC34)cc2)cc1. The number of esters is 6. The smallest absolute Gasteiger partial charge is 0.343 e. The number of carbonyl (C=O) groups excluding carboxylic acids is 6. The Balaban J connectivity index is 0.858. The van der Waals surface area contributed by atoms with Crippen LogP contribution in [0, 0.1) is 0 Å². The molecule has 2 fully saturated rings. The maximum Gasteiger partial charge on any atom is 0.343 e. The molecular weight excluding hydrogens is 808 g/mol. The number of hydrogen-bond acceptors (Lipinski definition) is 16. The molecule has 2 saturated heterocycles. The van der Waals surface area contributed by atoms with E-state index in [1.165, 1.54) is 24.3 Å². The Hall–Kier alpha value is -7.30. The van der Waals surface area contributed by atoms with Crippen LogP contribution in [0.3, 0.4) is 0 Å². The highest BCUT2D eigenvalue weighted by Gasteiger charge is 2.51. The van der Waals surface area contributed by atoms with Crippen LogP contribution in [-0.4, -0.2) is 87.0 Å². The average Bonchev–Trinajstić information content (AvgIpc) is 3.88. The predicted octanol–water partition coefficient (Wildman–Crippen LogP) is 5.44. The van der Waals surface area contributed by atoms with Gasteiger partial charge >= 0.3 is 35.8 Å². The maximum absolute atomic E-state index is 12.8. The molecule has 2 aliphatic rings. The van der Waals surface area contributed by atoms with Gasteiger partial charge in [0.25, 0.3) is 0 Å². The van der Waals surface area contributed by atoms with E-state index in [1.807, 2.05) is 0 Å². The van der Waals surface area contributed by atoms with E-state index in [1.54, 1.807) is 72.8 Å². The topological polar surface area (TPSA) is 195 Å². The summed E-state index contributed by atoms with van der Waals surface area (Å²) in [4.78, 5) is 73.0. The molecular formula is C46H42O16.